The lowest BCUT2D eigenvalue weighted by atomic mass is 9.86. The van der Waals surface area contributed by atoms with E-state index in [4.69, 9.17) is 10.5 Å². The van der Waals surface area contributed by atoms with Gasteiger partial charge in [-0.25, -0.2) is 4.98 Å². The van der Waals surface area contributed by atoms with Crippen LogP contribution in [0.3, 0.4) is 0 Å². The van der Waals surface area contributed by atoms with Crippen molar-refractivity contribution in [2.75, 3.05) is 13.2 Å². The molecule has 3 nitrogen and oxygen atoms in total. The highest BCUT2D eigenvalue weighted by molar-refractivity contribution is 7.09. The monoisotopic (exact) mass is 254 g/mol. The van der Waals surface area contributed by atoms with Crippen molar-refractivity contribution in [1.82, 2.24) is 4.98 Å². The Morgan fingerprint density at radius 1 is 1.47 bits per heavy atom. The number of nitrogens with two attached hydrogens (primary N) is 1. The Labute approximate surface area is 107 Å². The van der Waals surface area contributed by atoms with E-state index in [1.807, 2.05) is 5.51 Å². The molecule has 0 spiro atoms. The summed E-state index contributed by atoms with van der Waals surface area (Å²) in [5.41, 5.74) is 8.86. The second-order valence-corrected chi connectivity index (χ2v) is 5.74. The Bertz CT molecular complexity index is 340. The molecule has 2 rings (SSSR count). The molecule has 0 radical (unpaired) electrons. The smallest absolute Gasteiger partial charge is 0.0797 e. The van der Waals surface area contributed by atoms with Crippen LogP contribution in [-0.2, 0) is 11.2 Å². The van der Waals surface area contributed by atoms with Gasteiger partial charge in [-0.2, -0.15) is 0 Å². The minimum Gasteiger partial charge on any atom is -0.378 e. The molecule has 17 heavy (non-hydrogen) atoms. The molecule has 1 heterocycles. The minimum absolute atomic E-state index is 0.391. The van der Waals surface area contributed by atoms with E-state index < -0.39 is 0 Å². The summed E-state index contributed by atoms with van der Waals surface area (Å²) >= 11 is 1.73. The molecule has 1 saturated carbocycles. The SMILES string of the molecule is Cc1ncsc1CCOC1CCCCC1CN. The Hall–Kier alpha value is -0.450. The maximum atomic E-state index is 6.01. The zero-order valence-electron chi connectivity index (χ0n) is 10.5. The first-order valence-electron chi connectivity index (χ1n) is 6.52. The molecule has 2 N–H and O–H groups in total. The van der Waals surface area contributed by atoms with Crippen LogP contribution in [0.1, 0.15) is 36.3 Å². The Morgan fingerprint density at radius 3 is 3.00 bits per heavy atom. The highest BCUT2D eigenvalue weighted by Crippen LogP contribution is 2.26. The van der Waals surface area contributed by atoms with E-state index in [-0.39, 0.29) is 0 Å². The average Bonchev–Trinajstić information content (AvgIpc) is 2.76. The number of aryl methyl sites for hydroxylation is 1. The second kappa shape index (κ2) is 6.47. The summed E-state index contributed by atoms with van der Waals surface area (Å²) in [5.74, 6) is 0.575. The summed E-state index contributed by atoms with van der Waals surface area (Å²) in [5, 5.41) is 0. The standard InChI is InChI=1S/C13H22N2OS/c1-10-13(17-9-15-10)6-7-16-12-5-3-2-4-11(12)8-14/h9,11-12H,2-8,14H2,1H3. The van der Waals surface area contributed by atoms with E-state index in [1.54, 1.807) is 11.3 Å². The molecule has 96 valence electrons. The lowest BCUT2D eigenvalue weighted by Gasteiger charge is -2.30. The molecule has 0 aliphatic heterocycles. The second-order valence-electron chi connectivity index (χ2n) is 4.80. The van der Waals surface area contributed by atoms with Gasteiger partial charge in [0.25, 0.3) is 0 Å². The molecule has 1 aliphatic rings. The van der Waals surface area contributed by atoms with Gasteiger partial charge in [-0.1, -0.05) is 12.8 Å². The van der Waals surface area contributed by atoms with Crippen LogP contribution in [0.2, 0.25) is 0 Å². The van der Waals surface area contributed by atoms with Crippen molar-refractivity contribution in [2.24, 2.45) is 11.7 Å². The van der Waals surface area contributed by atoms with Gasteiger partial charge in [0.1, 0.15) is 0 Å². The Balaban J connectivity index is 1.75. The Kier molecular flexibility index (Phi) is 4.95. The van der Waals surface area contributed by atoms with Gasteiger partial charge in [0.15, 0.2) is 0 Å². The quantitative estimate of drug-likeness (QED) is 0.878. The predicted octanol–water partition coefficient (Wildman–Crippen LogP) is 2.53. The van der Waals surface area contributed by atoms with Crippen LogP contribution in [0.15, 0.2) is 5.51 Å². The zero-order chi connectivity index (χ0) is 12.1. The van der Waals surface area contributed by atoms with Crippen molar-refractivity contribution in [3.05, 3.63) is 16.1 Å². The summed E-state index contributed by atoms with van der Waals surface area (Å²) in [6.45, 7) is 3.64. The maximum absolute atomic E-state index is 6.01. The van der Waals surface area contributed by atoms with Crippen LogP contribution >= 0.6 is 11.3 Å². The van der Waals surface area contributed by atoms with Crippen LogP contribution < -0.4 is 5.73 Å². The highest BCUT2D eigenvalue weighted by Gasteiger charge is 2.24. The Morgan fingerprint density at radius 2 is 2.29 bits per heavy atom. The molecule has 4 heteroatoms. The van der Waals surface area contributed by atoms with Crippen molar-refractivity contribution >= 4 is 11.3 Å². The van der Waals surface area contributed by atoms with Crippen LogP contribution in [-0.4, -0.2) is 24.2 Å². The first-order chi connectivity index (χ1) is 8.31. The van der Waals surface area contributed by atoms with Crippen LogP contribution in [0, 0.1) is 12.8 Å². The van der Waals surface area contributed by atoms with E-state index in [9.17, 15) is 0 Å². The summed E-state index contributed by atoms with van der Waals surface area (Å²) in [7, 11) is 0. The molecule has 0 saturated heterocycles. The number of thiazole rings is 1. The predicted molar refractivity (Wildman–Crippen MR) is 71.3 cm³/mol. The molecule has 0 amide bonds. The fraction of sp³-hybridized carbons (Fsp3) is 0.769. The summed E-state index contributed by atoms with van der Waals surface area (Å²) in [6.07, 6.45) is 6.41. The molecule has 1 aliphatic carbocycles. The largest absolute Gasteiger partial charge is 0.378 e. The first-order valence-corrected chi connectivity index (χ1v) is 7.40. The lowest BCUT2D eigenvalue weighted by Crippen LogP contribution is -2.33. The third-order valence-electron chi connectivity index (χ3n) is 3.65. The molecular weight excluding hydrogens is 232 g/mol. The lowest BCUT2D eigenvalue weighted by molar-refractivity contribution is -0.00618. The van der Waals surface area contributed by atoms with Gasteiger partial charge in [-0.05, 0) is 32.2 Å². The van der Waals surface area contributed by atoms with Gasteiger partial charge >= 0.3 is 0 Å². The van der Waals surface area contributed by atoms with Crippen molar-refractivity contribution in [3.63, 3.8) is 0 Å². The van der Waals surface area contributed by atoms with E-state index in [0.717, 1.165) is 25.3 Å². The van der Waals surface area contributed by atoms with Crippen LogP contribution in [0.5, 0.6) is 0 Å². The molecule has 1 fully saturated rings. The van der Waals surface area contributed by atoms with E-state index in [1.165, 1.54) is 30.6 Å². The number of rotatable bonds is 5. The van der Waals surface area contributed by atoms with Crippen LogP contribution in [0.25, 0.3) is 0 Å². The molecular formula is C13H22N2OS. The fourth-order valence-corrected chi connectivity index (χ4v) is 3.29. The van der Waals surface area contributed by atoms with Crippen molar-refractivity contribution in [1.29, 1.82) is 0 Å². The summed E-state index contributed by atoms with van der Waals surface area (Å²) in [4.78, 5) is 5.61. The van der Waals surface area contributed by atoms with Crippen molar-refractivity contribution < 1.29 is 4.74 Å². The summed E-state index contributed by atoms with van der Waals surface area (Å²) in [6, 6.07) is 0. The van der Waals surface area contributed by atoms with Crippen LogP contribution in [0.4, 0.5) is 0 Å². The number of hydrogen-bond acceptors (Lipinski definition) is 4. The number of ether oxygens (including phenoxy) is 1. The van der Waals surface area contributed by atoms with Gasteiger partial charge in [0.2, 0.25) is 0 Å². The molecule has 2 atom stereocenters. The normalized spacial score (nSPS) is 25.1. The third-order valence-corrected chi connectivity index (χ3v) is 4.64. The molecule has 0 aromatic carbocycles. The van der Waals surface area contributed by atoms with E-state index >= 15 is 0 Å². The van der Waals surface area contributed by atoms with Gasteiger partial charge in [-0.15, -0.1) is 11.3 Å². The molecule has 1 aromatic rings. The zero-order valence-corrected chi connectivity index (χ0v) is 11.3. The minimum atomic E-state index is 0.391. The number of aromatic nitrogens is 1. The number of nitrogens with zero attached hydrogens (tertiary/aromatic N) is 1. The van der Waals surface area contributed by atoms with Gasteiger partial charge in [0.05, 0.1) is 23.9 Å². The third kappa shape index (κ3) is 3.50. The van der Waals surface area contributed by atoms with Crippen molar-refractivity contribution in [3.8, 4) is 0 Å². The average molecular weight is 254 g/mol. The van der Waals surface area contributed by atoms with E-state index in [2.05, 4.69) is 11.9 Å². The fourth-order valence-electron chi connectivity index (χ4n) is 2.53. The van der Waals surface area contributed by atoms with E-state index in [0.29, 0.717) is 12.0 Å². The molecule has 0 bridgehead atoms. The number of hydrogen-bond donors (Lipinski definition) is 1. The first kappa shape index (κ1) is 13.0. The topological polar surface area (TPSA) is 48.1 Å². The highest BCUT2D eigenvalue weighted by atomic mass is 32.1. The van der Waals surface area contributed by atoms with Gasteiger partial charge < -0.3 is 10.5 Å². The summed E-state index contributed by atoms with van der Waals surface area (Å²) < 4.78 is 6.01. The van der Waals surface area contributed by atoms with Crippen molar-refractivity contribution in [2.45, 2.75) is 45.1 Å². The molecule has 2 unspecified atom stereocenters. The molecule has 1 aromatic heterocycles. The van der Waals surface area contributed by atoms with Gasteiger partial charge in [-0.3, -0.25) is 0 Å². The maximum Gasteiger partial charge on any atom is 0.0797 e. The van der Waals surface area contributed by atoms with Gasteiger partial charge in [0, 0.05) is 11.3 Å².